The van der Waals surface area contributed by atoms with E-state index in [4.69, 9.17) is 9.68 Å². The zero-order chi connectivity index (χ0) is 12.4. The first kappa shape index (κ1) is 10.4. The van der Waals surface area contributed by atoms with Crippen molar-refractivity contribution in [1.29, 1.82) is 5.26 Å². The van der Waals surface area contributed by atoms with Gasteiger partial charge in [-0.3, -0.25) is 0 Å². The number of aromatic amines is 1. The van der Waals surface area contributed by atoms with E-state index in [9.17, 15) is 0 Å². The second kappa shape index (κ2) is 4.22. The number of H-pyrrole nitrogens is 1. The first-order valence-corrected chi connectivity index (χ1v) is 5.42. The summed E-state index contributed by atoms with van der Waals surface area (Å²) < 4.78 is 7.04. The highest BCUT2D eigenvalue weighted by Crippen LogP contribution is 2.12. The Morgan fingerprint density at radius 1 is 1.44 bits per heavy atom. The molecule has 6 heteroatoms. The predicted molar refractivity (Wildman–Crippen MR) is 62.5 cm³/mol. The molecule has 0 aliphatic carbocycles. The van der Waals surface area contributed by atoms with E-state index in [-0.39, 0.29) is 0 Å². The molecule has 3 heterocycles. The van der Waals surface area contributed by atoms with Crippen LogP contribution >= 0.6 is 0 Å². The molecule has 0 radical (unpaired) electrons. The Morgan fingerprint density at radius 2 is 2.39 bits per heavy atom. The van der Waals surface area contributed by atoms with Crippen LogP contribution in [0, 0.1) is 11.3 Å². The van der Waals surface area contributed by atoms with Gasteiger partial charge >= 0.3 is 0 Å². The van der Waals surface area contributed by atoms with Crippen LogP contribution in [0.3, 0.4) is 0 Å². The second-order valence-electron chi connectivity index (χ2n) is 3.75. The van der Waals surface area contributed by atoms with Crippen molar-refractivity contribution in [2.75, 3.05) is 5.32 Å². The summed E-state index contributed by atoms with van der Waals surface area (Å²) in [6, 6.07) is 9.41. The molecule has 0 unspecified atom stereocenters. The minimum Gasteiger partial charge on any atom is -0.466 e. The van der Waals surface area contributed by atoms with Gasteiger partial charge in [-0.05, 0) is 23.3 Å². The maximum absolute atomic E-state index is 9.12. The number of nitriles is 1. The van der Waals surface area contributed by atoms with Gasteiger partial charge < -0.3 is 9.73 Å². The lowest BCUT2D eigenvalue weighted by Gasteiger charge is -2.03. The van der Waals surface area contributed by atoms with E-state index < -0.39 is 0 Å². The Bertz CT molecular complexity index is 708. The van der Waals surface area contributed by atoms with Crippen LogP contribution < -0.4 is 9.72 Å². The summed E-state index contributed by atoms with van der Waals surface area (Å²) in [5, 5.41) is 19.1. The Morgan fingerprint density at radius 3 is 3.17 bits per heavy atom. The Hall–Kier alpha value is -2.81. The summed E-state index contributed by atoms with van der Waals surface area (Å²) in [6.07, 6.45) is 3.24. The SMILES string of the molecule is N#Cc1ccc2[nH]nc[n+]2c1NCc1ccco1. The normalized spacial score (nSPS) is 10.4. The molecule has 0 spiro atoms. The van der Waals surface area contributed by atoms with Gasteiger partial charge in [-0.15, -0.1) is 0 Å². The minimum absolute atomic E-state index is 0.513. The fourth-order valence-electron chi connectivity index (χ4n) is 1.79. The van der Waals surface area contributed by atoms with Crippen LogP contribution in [0.15, 0.2) is 41.3 Å². The lowest BCUT2D eigenvalue weighted by atomic mass is 10.2. The molecule has 3 rings (SSSR count). The van der Waals surface area contributed by atoms with Gasteiger partial charge in [0.15, 0.2) is 0 Å². The molecule has 0 amide bonds. The monoisotopic (exact) mass is 240 g/mol. The van der Waals surface area contributed by atoms with Crippen LogP contribution in [-0.2, 0) is 6.54 Å². The van der Waals surface area contributed by atoms with E-state index >= 15 is 0 Å². The predicted octanol–water partition coefficient (Wildman–Crippen LogP) is 1.23. The van der Waals surface area contributed by atoms with Crippen LogP contribution in [-0.4, -0.2) is 10.2 Å². The van der Waals surface area contributed by atoms with Gasteiger partial charge in [0.2, 0.25) is 17.8 Å². The number of nitrogens with zero attached hydrogens (tertiary/aromatic N) is 3. The number of aromatic nitrogens is 3. The lowest BCUT2D eigenvalue weighted by Crippen LogP contribution is -2.26. The van der Waals surface area contributed by atoms with E-state index in [0.717, 1.165) is 11.4 Å². The molecule has 2 N–H and O–H groups in total. The molecule has 18 heavy (non-hydrogen) atoms. The average Bonchev–Trinajstić information content (AvgIpc) is 3.06. The molecular formula is C12H10N5O+. The minimum atomic E-state index is 0.513. The van der Waals surface area contributed by atoms with E-state index in [1.165, 1.54) is 0 Å². The van der Waals surface area contributed by atoms with Gasteiger partial charge in [-0.1, -0.05) is 0 Å². The van der Waals surface area contributed by atoms with Gasteiger partial charge in [0.05, 0.1) is 6.26 Å². The Kier molecular flexibility index (Phi) is 2.43. The Labute approximate surface area is 102 Å². The molecule has 0 aliphatic rings. The molecule has 0 atom stereocenters. The lowest BCUT2D eigenvalue weighted by molar-refractivity contribution is -0.496. The maximum atomic E-state index is 9.12. The summed E-state index contributed by atoms with van der Waals surface area (Å²) in [4.78, 5) is 0. The number of pyridine rings is 1. The number of furan rings is 1. The fourth-order valence-corrected chi connectivity index (χ4v) is 1.79. The maximum Gasteiger partial charge on any atom is 0.235 e. The highest BCUT2D eigenvalue weighted by molar-refractivity contribution is 5.51. The summed E-state index contributed by atoms with van der Waals surface area (Å²) in [5.74, 6) is 1.50. The fraction of sp³-hybridized carbons (Fsp3) is 0.0833. The molecule has 0 aromatic carbocycles. The summed E-state index contributed by atoms with van der Waals surface area (Å²) >= 11 is 0. The van der Waals surface area contributed by atoms with Crippen molar-refractivity contribution >= 4 is 11.5 Å². The molecule has 0 saturated carbocycles. The Balaban J connectivity index is 1.98. The van der Waals surface area contributed by atoms with Crippen molar-refractivity contribution < 1.29 is 8.82 Å². The van der Waals surface area contributed by atoms with Crippen molar-refractivity contribution in [2.24, 2.45) is 0 Å². The van der Waals surface area contributed by atoms with E-state index in [0.29, 0.717) is 17.9 Å². The van der Waals surface area contributed by atoms with Crippen LogP contribution in [0.5, 0.6) is 0 Å². The molecule has 3 aromatic rings. The highest BCUT2D eigenvalue weighted by Gasteiger charge is 2.13. The van der Waals surface area contributed by atoms with Gasteiger partial charge in [0, 0.05) is 6.07 Å². The summed E-state index contributed by atoms with van der Waals surface area (Å²) in [6.45, 7) is 0.513. The van der Waals surface area contributed by atoms with E-state index in [2.05, 4.69) is 21.6 Å². The van der Waals surface area contributed by atoms with Crippen molar-refractivity contribution in [3.8, 4) is 6.07 Å². The average molecular weight is 240 g/mol. The van der Waals surface area contributed by atoms with Crippen molar-refractivity contribution in [1.82, 2.24) is 10.2 Å². The molecule has 6 nitrogen and oxygen atoms in total. The third kappa shape index (κ3) is 1.68. The van der Waals surface area contributed by atoms with Crippen LogP contribution in [0.2, 0.25) is 0 Å². The standard InChI is InChI=1S/C12H9N5O/c13-6-9-3-4-11-16-15-8-17(11)12(9)14-7-10-2-1-5-18-10/h1-5,8H,7H2,(H,14,16)/p+1. The number of nitrogens with one attached hydrogen (secondary N) is 2. The largest absolute Gasteiger partial charge is 0.466 e. The summed E-state index contributed by atoms with van der Waals surface area (Å²) in [7, 11) is 0. The number of anilines is 1. The molecule has 0 saturated heterocycles. The van der Waals surface area contributed by atoms with Crippen molar-refractivity contribution in [3.05, 3.63) is 48.2 Å². The summed E-state index contributed by atoms with van der Waals surface area (Å²) in [5.41, 5.74) is 1.37. The highest BCUT2D eigenvalue weighted by atomic mass is 16.3. The third-order valence-corrected chi connectivity index (χ3v) is 2.65. The van der Waals surface area contributed by atoms with Gasteiger partial charge in [0.1, 0.15) is 23.9 Å². The molecule has 0 bridgehead atoms. The molecule has 0 aliphatic heterocycles. The number of rotatable bonds is 3. The first-order chi connectivity index (χ1) is 8.88. The third-order valence-electron chi connectivity index (χ3n) is 2.65. The first-order valence-electron chi connectivity index (χ1n) is 5.42. The van der Waals surface area contributed by atoms with Crippen LogP contribution in [0.1, 0.15) is 11.3 Å². The zero-order valence-corrected chi connectivity index (χ0v) is 9.42. The number of fused-ring (bicyclic) bond motifs is 1. The smallest absolute Gasteiger partial charge is 0.235 e. The van der Waals surface area contributed by atoms with Crippen molar-refractivity contribution in [3.63, 3.8) is 0 Å². The van der Waals surface area contributed by atoms with Crippen LogP contribution in [0.4, 0.5) is 5.82 Å². The van der Waals surface area contributed by atoms with Gasteiger partial charge in [0.25, 0.3) is 0 Å². The van der Waals surface area contributed by atoms with Gasteiger partial charge in [-0.25, -0.2) is 0 Å². The number of hydrogen-bond donors (Lipinski definition) is 2. The zero-order valence-electron chi connectivity index (χ0n) is 9.42. The number of hydrogen-bond acceptors (Lipinski definition) is 4. The molecule has 0 fully saturated rings. The quantitative estimate of drug-likeness (QED) is 0.674. The van der Waals surface area contributed by atoms with Crippen LogP contribution in [0.25, 0.3) is 5.65 Å². The van der Waals surface area contributed by atoms with Crippen molar-refractivity contribution in [2.45, 2.75) is 6.54 Å². The topological polar surface area (TPSA) is 81.7 Å². The van der Waals surface area contributed by atoms with E-state index in [1.807, 2.05) is 18.2 Å². The van der Waals surface area contributed by atoms with E-state index in [1.54, 1.807) is 23.1 Å². The van der Waals surface area contributed by atoms with Gasteiger partial charge in [-0.2, -0.15) is 14.8 Å². The molecule has 88 valence electrons. The molecular weight excluding hydrogens is 230 g/mol. The second-order valence-corrected chi connectivity index (χ2v) is 3.75. The molecule has 3 aromatic heterocycles.